The highest BCUT2D eigenvalue weighted by atomic mass is 16.1. The van der Waals surface area contributed by atoms with Gasteiger partial charge in [0.2, 0.25) is 5.91 Å². The van der Waals surface area contributed by atoms with Crippen molar-refractivity contribution in [1.82, 2.24) is 0 Å². The summed E-state index contributed by atoms with van der Waals surface area (Å²) >= 11 is 0. The van der Waals surface area contributed by atoms with Crippen molar-refractivity contribution in [2.45, 2.75) is 44.9 Å². The molecule has 0 heterocycles. The van der Waals surface area contributed by atoms with Crippen molar-refractivity contribution in [3.8, 4) is 0 Å². The van der Waals surface area contributed by atoms with Crippen LogP contribution in [0.25, 0.3) is 0 Å². The standard InChI is InChI=1S/C22H25NO2/c24-21(18-11-5-2-6-12-18)16-19-13-7-8-14-20(19)23-22(25)15-17-9-3-1-4-10-17/h1,3-4,7-10,13-14,18H,2,5-6,11-12,15-16H2,(H,23,25). The van der Waals surface area contributed by atoms with E-state index in [1.807, 2.05) is 54.6 Å². The molecule has 2 aromatic carbocycles. The van der Waals surface area contributed by atoms with Gasteiger partial charge >= 0.3 is 0 Å². The van der Waals surface area contributed by atoms with Crippen molar-refractivity contribution in [3.63, 3.8) is 0 Å². The zero-order valence-corrected chi connectivity index (χ0v) is 14.5. The number of hydrogen-bond donors (Lipinski definition) is 1. The van der Waals surface area contributed by atoms with Gasteiger partial charge in [-0.1, -0.05) is 67.8 Å². The largest absolute Gasteiger partial charge is 0.326 e. The monoisotopic (exact) mass is 335 g/mol. The summed E-state index contributed by atoms with van der Waals surface area (Å²) in [5.74, 6) is 0.454. The van der Waals surface area contributed by atoms with E-state index in [4.69, 9.17) is 0 Å². The Bertz CT molecular complexity index is 718. The van der Waals surface area contributed by atoms with Crippen LogP contribution in [0.5, 0.6) is 0 Å². The van der Waals surface area contributed by atoms with Crippen LogP contribution in [0.1, 0.15) is 43.2 Å². The molecule has 0 atom stereocenters. The average molecular weight is 335 g/mol. The number of hydrogen-bond acceptors (Lipinski definition) is 2. The summed E-state index contributed by atoms with van der Waals surface area (Å²) in [6.07, 6.45) is 6.34. The van der Waals surface area contributed by atoms with Crippen LogP contribution >= 0.6 is 0 Å². The van der Waals surface area contributed by atoms with Crippen molar-refractivity contribution < 1.29 is 9.59 Å². The maximum absolute atomic E-state index is 12.6. The predicted octanol–water partition coefficient (Wildman–Crippen LogP) is 4.56. The minimum absolute atomic E-state index is 0.0521. The fraction of sp³-hybridized carbons (Fsp3) is 0.364. The molecule has 2 aromatic rings. The smallest absolute Gasteiger partial charge is 0.228 e. The van der Waals surface area contributed by atoms with Crippen molar-refractivity contribution in [3.05, 3.63) is 65.7 Å². The first-order valence-corrected chi connectivity index (χ1v) is 9.17. The van der Waals surface area contributed by atoms with Crippen LogP contribution in [0.3, 0.4) is 0 Å². The number of para-hydroxylation sites is 1. The number of Topliss-reactive ketones (excluding diaryl/α,β-unsaturated/α-hetero) is 1. The van der Waals surface area contributed by atoms with E-state index in [0.717, 1.165) is 42.5 Å². The predicted molar refractivity (Wildman–Crippen MR) is 101 cm³/mol. The molecule has 0 aliphatic heterocycles. The molecule has 130 valence electrons. The van der Waals surface area contributed by atoms with Gasteiger partial charge in [0, 0.05) is 18.0 Å². The van der Waals surface area contributed by atoms with Crippen LogP contribution in [0.4, 0.5) is 5.69 Å². The zero-order chi connectivity index (χ0) is 17.5. The molecule has 0 aromatic heterocycles. The molecular weight excluding hydrogens is 310 g/mol. The molecular formula is C22H25NO2. The van der Waals surface area contributed by atoms with E-state index < -0.39 is 0 Å². The van der Waals surface area contributed by atoms with E-state index in [-0.39, 0.29) is 11.8 Å². The number of rotatable bonds is 6. The Balaban J connectivity index is 1.64. The lowest BCUT2D eigenvalue weighted by Crippen LogP contribution is -2.21. The Kier molecular flexibility index (Phi) is 5.99. The molecule has 3 rings (SSSR count). The normalized spacial score (nSPS) is 14.9. The third-order valence-corrected chi connectivity index (χ3v) is 4.92. The maximum Gasteiger partial charge on any atom is 0.228 e. The molecule has 0 unspecified atom stereocenters. The van der Waals surface area contributed by atoms with Crippen molar-refractivity contribution in [2.24, 2.45) is 5.92 Å². The summed E-state index contributed by atoms with van der Waals surface area (Å²) in [6.45, 7) is 0. The second-order valence-electron chi connectivity index (χ2n) is 6.85. The second kappa shape index (κ2) is 8.61. The lowest BCUT2D eigenvalue weighted by molar-refractivity contribution is -0.123. The number of carbonyl (C=O) groups is 2. The van der Waals surface area contributed by atoms with Gasteiger partial charge in [0.05, 0.1) is 6.42 Å². The Morgan fingerprint density at radius 2 is 1.52 bits per heavy atom. The minimum Gasteiger partial charge on any atom is -0.326 e. The lowest BCUT2D eigenvalue weighted by Gasteiger charge is -2.21. The first kappa shape index (κ1) is 17.4. The van der Waals surface area contributed by atoms with E-state index in [0.29, 0.717) is 18.6 Å². The Morgan fingerprint density at radius 1 is 0.840 bits per heavy atom. The summed E-state index contributed by atoms with van der Waals surface area (Å²) in [5.41, 5.74) is 2.66. The van der Waals surface area contributed by atoms with Gasteiger partial charge < -0.3 is 5.32 Å². The van der Waals surface area contributed by atoms with Crippen LogP contribution in [-0.2, 0) is 22.4 Å². The molecule has 0 saturated heterocycles. The fourth-order valence-electron chi connectivity index (χ4n) is 3.53. The molecule has 0 spiro atoms. The fourth-order valence-corrected chi connectivity index (χ4v) is 3.53. The zero-order valence-electron chi connectivity index (χ0n) is 14.5. The van der Waals surface area contributed by atoms with Crippen LogP contribution < -0.4 is 5.32 Å². The van der Waals surface area contributed by atoms with Gasteiger partial charge in [0.15, 0.2) is 0 Å². The second-order valence-corrected chi connectivity index (χ2v) is 6.85. The van der Waals surface area contributed by atoms with Crippen LogP contribution in [-0.4, -0.2) is 11.7 Å². The number of nitrogens with one attached hydrogen (secondary N) is 1. The van der Waals surface area contributed by atoms with Crippen LogP contribution in [0, 0.1) is 5.92 Å². The molecule has 3 nitrogen and oxygen atoms in total. The first-order valence-electron chi connectivity index (χ1n) is 9.17. The van der Waals surface area contributed by atoms with Crippen LogP contribution in [0.2, 0.25) is 0 Å². The molecule has 1 fully saturated rings. The van der Waals surface area contributed by atoms with E-state index in [2.05, 4.69) is 5.32 Å². The molecule has 1 saturated carbocycles. The SMILES string of the molecule is O=C(Cc1ccccc1)Nc1ccccc1CC(=O)C1CCCCC1. The Labute approximate surface area is 149 Å². The number of anilines is 1. The number of carbonyl (C=O) groups excluding carboxylic acids is 2. The third kappa shape index (κ3) is 5.02. The van der Waals surface area contributed by atoms with Gasteiger partial charge in [-0.3, -0.25) is 9.59 Å². The maximum atomic E-state index is 12.6. The van der Waals surface area contributed by atoms with Crippen molar-refractivity contribution in [2.75, 3.05) is 5.32 Å². The van der Waals surface area contributed by atoms with Crippen molar-refractivity contribution >= 4 is 17.4 Å². The molecule has 1 aliphatic rings. The highest BCUT2D eigenvalue weighted by Crippen LogP contribution is 2.27. The molecule has 1 amide bonds. The molecule has 0 radical (unpaired) electrons. The van der Waals surface area contributed by atoms with E-state index >= 15 is 0 Å². The average Bonchev–Trinajstić information content (AvgIpc) is 2.65. The van der Waals surface area contributed by atoms with Gasteiger partial charge in [-0.2, -0.15) is 0 Å². The summed E-state index contributed by atoms with van der Waals surface area (Å²) in [7, 11) is 0. The highest BCUT2D eigenvalue weighted by molar-refractivity contribution is 5.94. The van der Waals surface area contributed by atoms with Gasteiger partial charge in [0.1, 0.15) is 5.78 Å². The van der Waals surface area contributed by atoms with Gasteiger partial charge in [-0.05, 0) is 30.0 Å². The molecule has 25 heavy (non-hydrogen) atoms. The van der Waals surface area contributed by atoms with Gasteiger partial charge in [-0.25, -0.2) is 0 Å². The number of amides is 1. The van der Waals surface area contributed by atoms with Gasteiger partial charge in [0.25, 0.3) is 0 Å². The topological polar surface area (TPSA) is 46.2 Å². The van der Waals surface area contributed by atoms with Crippen LogP contribution in [0.15, 0.2) is 54.6 Å². The highest BCUT2D eigenvalue weighted by Gasteiger charge is 2.22. The lowest BCUT2D eigenvalue weighted by atomic mass is 9.84. The minimum atomic E-state index is -0.0521. The third-order valence-electron chi connectivity index (χ3n) is 4.92. The summed E-state index contributed by atoms with van der Waals surface area (Å²) < 4.78 is 0. The number of benzene rings is 2. The molecule has 1 N–H and O–H groups in total. The van der Waals surface area contributed by atoms with E-state index in [1.54, 1.807) is 0 Å². The van der Waals surface area contributed by atoms with E-state index in [9.17, 15) is 9.59 Å². The summed E-state index contributed by atoms with van der Waals surface area (Å²) in [6, 6.07) is 17.3. The first-order chi connectivity index (χ1) is 12.2. The summed E-state index contributed by atoms with van der Waals surface area (Å²) in [5, 5.41) is 2.98. The van der Waals surface area contributed by atoms with Gasteiger partial charge in [-0.15, -0.1) is 0 Å². The summed E-state index contributed by atoms with van der Waals surface area (Å²) in [4.78, 5) is 24.9. The molecule has 3 heteroatoms. The Morgan fingerprint density at radius 3 is 2.28 bits per heavy atom. The molecule has 1 aliphatic carbocycles. The van der Waals surface area contributed by atoms with Crippen molar-refractivity contribution in [1.29, 1.82) is 0 Å². The quantitative estimate of drug-likeness (QED) is 0.841. The Hall–Kier alpha value is -2.42. The number of ketones is 1. The van der Waals surface area contributed by atoms with E-state index in [1.165, 1.54) is 6.42 Å². The molecule has 0 bridgehead atoms.